The zero-order valence-corrected chi connectivity index (χ0v) is 17.1. The van der Waals surface area contributed by atoms with Crippen LogP contribution in [0.2, 0.25) is 0 Å². The van der Waals surface area contributed by atoms with E-state index in [0.717, 1.165) is 0 Å². The summed E-state index contributed by atoms with van der Waals surface area (Å²) in [7, 11) is 0. The monoisotopic (exact) mass is 474 g/mol. The van der Waals surface area contributed by atoms with E-state index in [0.29, 0.717) is 0 Å². The fourth-order valence-corrected chi connectivity index (χ4v) is 3.32. The second-order valence-electron chi connectivity index (χ2n) is 6.49. The fourth-order valence-electron chi connectivity index (χ4n) is 2.90. The third-order valence-electron chi connectivity index (χ3n) is 4.50. The van der Waals surface area contributed by atoms with Crippen LogP contribution in [0.4, 0.5) is 23.3 Å². The van der Waals surface area contributed by atoms with Crippen LogP contribution in [0, 0.1) is 0 Å². The molecule has 16 heteroatoms. The molecule has 3 aromatic rings. The van der Waals surface area contributed by atoms with Gasteiger partial charge in [-0.15, -0.1) is 25.3 Å². The number of aliphatic imine (C=N–C) groups is 2. The summed E-state index contributed by atoms with van der Waals surface area (Å²) in [6, 6.07) is 0. The van der Waals surface area contributed by atoms with E-state index in [1.54, 1.807) is 0 Å². The first-order valence-electron chi connectivity index (χ1n) is 8.54. The number of carbonyl (C=O) groups excluding carboxylic acids is 2. The molecule has 8 N–H and O–H groups in total. The summed E-state index contributed by atoms with van der Waals surface area (Å²) in [4.78, 5) is 48.6. The number of carbonyl (C=O) groups is 2. The average Bonchev–Trinajstić information content (AvgIpc) is 3.37. The van der Waals surface area contributed by atoms with Crippen molar-refractivity contribution in [1.29, 1.82) is 0 Å². The van der Waals surface area contributed by atoms with E-state index in [1.807, 2.05) is 0 Å². The Hall–Kier alpha value is -4.18. The number of aromatic amines is 3. The van der Waals surface area contributed by atoms with Crippen molar-refractivity contribution in [3.63, 3.8) is 0 Å². The molecule has 2 aliphatic heterocycles. The van der Waals surface area contributed by atoms with Crippen molar-refractivity contribution in [2.75, 3.05) is 0 Å². The van der Waals surface area contributed by atoms with Gasteiger partial charge >= 0.3 is 0 Å². The first kappa shape index (κ1) is 19.8. The van der Waals surface area contributed by atoms with Crippen LogP contribution in [0.15, 0.2) is 29.8 Å². The second-order valence-corrected chi connectivity index (χ2v) is 7.38. The number of amidine groups is 2. The quantitative estimate of drug-likeness (QED) is 0.156. The largest absolute Gasteiger partial charge is 0.502 e. The van der Waals surface area contributed by atoms with E-state index < -0.39 is 46.2 Å². The standard InChI is InChI=1S/C16H10N8O6S2/c25-1-2(26)10-17-9(1)18-11-3(27)5(29)13(20-11)22-15-7(31)8(32)16(24-15)23-14-6(30)4(28)12(19-10)21-14/h20-21,27-32H,(H,17,18,19)(H,22,23,24). The molecule has 32 heavy (non-hydrogen) atoms. The minimum atomic E-state index is -1.09. The number of nitrogens with zero attached hydrogens (tertiary/aromatic N) is 4. The van der Waals surface area contributed by atoms with Crippen LogP contribution in [0.25, 0.3) is 0 Å². The van der Waals surface area contributed by atoms with Gasteiger partial charge in [0.25, 0.3) is 11.6 Å². The Bertz CT molecular complexity index is 1450. The highest BCUT2D eigenvalue weighted by Crippen LogP contribution is 2.44. The lowest BCUT2D eigenvalue weighted by Crippen LogP contribution is -2.23. The summed E-state index contributed by atoms with van der Waals surface area (Å²) in [5.41, 5.74) is 0.113. The van der Waals surface area contributed by atoms with Gasteiger partial charge in [-0.2, -0.15) is 0 Å². The molecule has 0 aliphatic carbocycles. The van der Waals surface area contributed by atoms with Gasteiger partial charge in [0.05, 0.1) is 9.79 Å². The molecule has 1 fully saturated rings. The van der Waals surface area contributed by atoms with Gasteiger partial charge in [0, 0.05) is 0 Å². The first-order valence-corrected chi connectivity index (χ1v) is 9.43. The van der Waals surface area contributed by atoms with Gasteiger partial charge in [-0.3, -0.25) is 9.59 Å². The van der Waals surface area contributed by atoms with Crippen molar-refractivity contribution in [2.45, 2.75) is 9.79 Å². The molecule has 0 aromatic carbocycles. The third-order valence-corrected chi connectivity index (χ3v) is 5.54. The van der Waals surface area contributed by atoms with Crippen LogP contribution < -0.4 is 16.3 Å². The van der Waals surface area contributed by atoms with E-state index in [1.165, 1.54) is 0 Å². The molecular formula is C16H10N8O6S2. The molecule has 14 nitrogen and oxygen atoms in total. The Kier molecular flexibility index (Phi) is 4.11. The normalized spacial score (nSPS) is 15.1. The van der Waals surface area contributed by atoms with Gasteiger partial charge in [0.15, 0.2) is 34.9 Å². The summed E-state index contributed by atoms with van der Waals surface area (Å²) in [5, 5.41) is 43.1. The molecular weight excluding hydrogens is 464 g/mol. The Balaban J connectivity index is 1.87. The number of ketones is 2. The fraction of sp³-hybridized carbons (Fsp3) is 0. The van der Waals surface area contributed by atoms with Crippen LogP contribution in [0.1, 0.15) is 0 Å². The predicted octanol–water partition coefficient (Wildman–Crippen LogP) is -0.212. The van der Waals surface area contributed by atoms with Crippen molar-refractivity contribution < 1.29 is 30.0 Å². The number of aromatic hydroxyl groups is 4. The zero-order chi connectivity index (χ0) is 22.9. The second kappa shape index (κ2) is 6.66. The lowest BCUT2D eigenvalue weighted by Gasteiger charge is -1.96. The van der Waals surface area contributed by atoms with Crippen LogP contribution >= 0.6 is 25.3 Å². The van der Waals surface area contributed by atoms with Crippen LogP contribution in [0.3, 0.4) is 0 Å². The van der Waals surface area contributed by atoms with Crippen molar-refractivity contribution in [3.8, 4) is 23.0 Å². The molecule has 5 rings (SSSR count). The van der Waals surface area contributed by atoms with E-state index in [-0.39, 0.29) is 44.0 Å². The van der Waals surface area contributed by atoms with Gasteiger partial charge in [-0.1, -0.05) is 0 Å². The molecule has 0 amide bonds. The SMILES string of the molecule is O=C1C(=O)C2=Nc3[nH]c(c(O)c3O)N=c3[nH]c(c(S)c3S)=Nc3[nH]c(c(O)c3O)N=C1N2. The Morgan fingerprint density at radius 2 is 0.906 bits per heavy atom. The first-order chi connectivity index (χ1) is 15.2. The number of thiol groups is 2. The van der Waals surface area contributed by atoms with Crippen molar-refractivity contribution >= 4 is 71.8 Å². The Labute approximate surface area is 186 Å². The van der Waals surface area contributed by atoms with E-state index >= 15 is 0 Å². The van der Waals surface area contributed by atoms with Crippen molar-refractivity contribution in [1.82, 2.24) is 20.3 Å². The van der Waals surface area contributed by atoms with E-state index in [4.69, 9.17) is 0 Å². The number of hydrogen-bond donors (Lipinski definition) is 10. The van der Waals surface area contributed by atoms with Gasteiger partial charge in [0.1, 0.15) is 11.0 Å². The molecule has 0 spiro atoms. The third kappa shape index (κ3) is 2.77. The number of hydrogen-bond acceptors (Lipinski definition) is 13. The van der Waals surface area contributed by atoms with Crippen LogP contribution in [-0.2, 0) is 9.59 Å². The molecule has 8 bridgehead atoms. The van der Waals surface area contributed by atoms with E-state index in [2.05, 4.69) is 65.5 Å². The highest BCUT2D eigenvalue weighted by Gasteiger charge is 2.36. The summed E-state index contributed by atoms with van der Waals surface area (Å²) >= 11 is 8.58. The molecule has 0 saturated carbocycles. The van der Waals surface area contributed by atoms with E-state index in [9.17, 15) is 30.0 Å². The van der Waals surface area contributed by atoms with Crippen molar-refractivity contribution in [2.24, 2.45) is 20.0 Å². The topological polar surface area (TPSA) is 224 Å². The lowest BCUT2D eigenvalue weighted by atomic mass is 10.3. The minimum absolute atomic E-state index is 0.0565. The maximum atomic E-state index is 12.3. The van der Waals surface area contributed by atoms with Gasteiger partial charge < -0.3 is 40.7 Å². The highest BCUT2D eigenvalue weighted by atomic mass is 32.1. The molecule has 3 aromatic heterocycles. The molecule has 1 saturated heterocycles. The lowest BCUT2D eigenvalue weighted by molar-refractivity contribution is -0.128. The molecule has 162 valence electrons. The van der Waals surface area contributed by atoms with Gasteiger partial charge in [-0.05, 0) is 0 Å². The minimum Gasteiger partial charge on any atom is -0.502 e. The number of H-pyrrole nitrogens is 3. The number of Topliss-reactive ketones (excluding diaryl/α,β-unsaturated/α-hetero) is 2. The Morgan fingerprint density at radius 1 is 0.562 bits per heavy atom. The van der Waals surface area contributed by atoms with Crippen LogP contribution in [-0.4, -0.2) is 58.6 Å². The summed E-state index contributed by atoms with van der Waals surface area (Å²) in [6.07, 6.45) is 0. The van der Waals surface area contributed by atoms with Crippen molar-refractivity contribution in [3.05, 3.63) is 11.0 Å². The summed E-state index contributed by atoms with van der Waals surface area (Å²) in [5.74, 6) is -7.28. The average molecular weight is 474 g/mol. The van der Waals surface area contributed by atoms with Gasteiger partial charge in [-0.25, -0.2) is 20.0 Å². The number of fused-ring (bicyclic) bond motifs is 8. The predicted molar refractivity (Wildman–Crippen MR) is 113 cm³/mol. The smallest absolute Gasteiger partial charge is 0.272 e. The molecule has 5 heterocycles. The summed E-state index contributed by atoms with van der Waals surface area (Å²) in [6.45, 7) is 0. The van der Waals surface area contributed by atoms with Gasteiger partial charge in [0.2, 0.25) is 23.0 Å². The maximum Gasteiger partial charge on any atom is 0.272 e. The molecule has 0 radical (unpaired) electrons. The molecule has 0 atom stereocenters. The zero-order valence-electron chi connectivity index (χ0n) is 15.3. The highest BCUT2D eigenvalue weighted by molar-refractivity contribution is 7.83. The number of rotatable bonds is 0. The summed E-state index contributed by atoms with van der Waals surface area (Å²) < 4.78 is 0. The molecule has 2 aliphatic rings. The number of aromatic nitrogens is 3. The van der Waals surface area contributed by atoms with Crippen LogP contribution in [0.5, 0.6) is 23.0 Å². The number of nitrogens with one attached hydrogen (secondary N) is 4. The molecule has 0 unspecified atom stereocenters. The Morgan fingerprint density at radius 3 is 1.28 bits per heavy atom. The maximum absolute atomic E-state index is 12.3.